The molecule has 0 bridgehead atoms. The average Bonchev–Trinajstić information content (AvgIpc) is 2.36. The number of carbonyl (C=O) groups excluding carboxylic acids is 2. The summed E-state index contributed by atoms with van der Waals surface area (Å²) in [6.45, 7) is 2.66. The van der Waals surface area contributed by atoms with Crippen molar-refractivity contribution in [3.63, 3.8) is 0 Å². The van der Waals surface area contributed by atoms with Gasteiger partial charge in [-0.05, 0) is 25.5 Å². The second kappa shape index (κ2) is 6.97. The number of nitrogens with two attached hydrogens (primary N) is 2. The Balaban J connectivity index is 0.00000441. The lowest BCUT2D eigenvalue weighted by Gasteiger charge is -2.25. The Kier molecular flexibility index (Phi) is 6.40. The summed E-state index contributed by atoms with van der Waals surface area (Å²) in [4.78, 5) is 23.1. The van der Waals surface area contributed by atoms with E-state index in [2.05, 4.69) is 5.32 Å². The third-order valence-electron chi connectivity index (χ3n) is 2.94. The van der Waals surface area contributed by atoms with Crippen molar-refractivity contribution >= 4 is 24.2 Å². The molecular weight excluding hydrogens is 323 g/mol. The normalized spacial score (nSPS) is 13.0. The van der Waals surface area contributed by atoms with E-state index in [-0.39, 0.29) is 18.0 Å². The molecule has 0 spiro atoms. The lowest BCUT2D eigenvalue weighted by Crippen LogP contribution is -2.55. The number of alkyl halides is 3. The first kappa shape index (κ1) is 20.2. The first-order valence-electron chi connectivity index (χ1n) is 6.00. The number of benzene rings is 1. The van der Waals surface area contributed by atoms with Crippen LogP contribution in [0.2, 0.25) is 0 Å². The summed E-state index contributed by atoms with van der Waals surface area (Å²) in [6, 6.07) is 2.93. The fourth-order valence-electron chi connectivity index (χ4n) is 1.61. The van der Waals surface area contributed by atoms with Crippen molar-refractivity contribution < 1.29 is 22.8 Å². The Labute approximate surface area is 131 Å². The van der Waals surface area contributed by atoms with Gasteiger partial charge in [0.1, 0.15) is 11.6 Å². The minimum absolute atomic E-state index is 0. The molecule has 5 nitrogen and oxygen atoms in total. The Morgan fingerprint density at radius 1 is 1.18 bits per heavy atom. The number of primary amides is 1. The van der Waals surface area contributed by atoms with Crippen LogP contribution in [0.1, 0.15) is 31.0 Å². The van der Waals surface area contributed by atoms with Gasteiger partial charge in [0.25, 0.3) is 0 Å². The van der Waals surface area contributed by atoms with Gasteiger partial charge >= 0.3 is 6.18 Å². The molecule has 124 valence electrons. The maximum Gasteiger partial charge on any atom is 0.416 e. The van der Waals surface area contributed by atoms with E-state index in [0.29, 0.717) is 0 Å². The van der Waals surface area contributed by atoms with Crippen LogP contribution in [0, 0.1) is 0 Å². The predicted molar refractivity (Wildman–Crippen MR) is 77.0 cm³/mol. The Morgan fingerprint density at radius 2 is 1.68 bits per heavy atom. The lowest BCUT2D eigenvalue weighted by molar-refractivity contribution is -0.139. The average molecular weight is 340 g/mol. The van der Waals surface area contributed by atoms with Crippen molar-refractivity contribution in [1.29, 1.82) is 0 Å². The fraction of sp³-hybridized carbons (Fsp3) is 0.385. The maximum absolute atomic E-state index is 12.9. The number of rotatable bonds is 4. The molecule has 0 aliphatic rings. The van der Waals surface area contributed by atoms with Crippen LogP contribution in [0.5, 0.6) is 0 Å². The number of amides is 2. The molecule has 9 heteroatoms. The van der Waals surface area contributed by atoms with E-state index in [1.54, 1.807) is 0 Å². The zero-order valence-corrected chi connectivity index (χ0v) is 12.7. The molecular formula is C13H17ClF3N3O2. The number of halogens is 4. The number of hydrogen-bond donors (Lipinski definition) is 3. The molecule has 0 radical (unpaired) electrons. The van der Waals surface area contributed by atoms with E-state index in [4.69, 9.17) is 11.5 Å². The van der Waals surface area contributed by atoms with Crippen LogP contribution in [0.3, 0.4) is 0 Å². The van der Waals surface area contributed by atoms with Crippen LogP contribution < -0.4 is 16.8 Å². The second-order valence-electron chi connectivity index (χ2n) is 5.04. The van der Waals surface area contributed by atoms with Crippen molar-refractivity contribution in [2.75, 3.05) is 0 Å². The minimum atomic E-state index is -4.63. The molecule has 0 aliphatic carbocycles. The quantitative estimate of drug-likeness (QED) is 0.775. The summed E-state index contributed by atoms with van der Waals surface area (Å²) in [6.07, 6.45) is -4.63. The van der Waals surface area contributed by atoms with Crippen molar-refractivity contribution in [3.05, 3.63) is 35.4 Å². The van der Waals surface area contributed by atoms with Crippen LogP contribution in [0.4, 0.5) is 13.2 Å². The van der Waals surface area contributed by atoms with Crippen molar-refractivity contribution in [1.82, 2.24) is 5.32 Å². The summed E-state index contributed by atoms with van der Waals surface area (Å²) in [5, 5.41) is 2.23. The topological polar surface area (TPSA) is 98.2 Å². The molecule has 0 heterocycles. The van der Waals surface area contributed by atoms with Gasteiger partial charge in [0.05, 0.1) is 5.56 Å². The van der Waals surface area contributed by atoms with Gasteiger partial charge in [0, 0.05) is 0 Å². The maximum atomic E-state index is 12.9. The zero-order valence-electron chi connectivity index (χ0n) is 11.9. The van der Waals surface area contributed by atoms with E-state index < -0.39 is 35.1 Å². The highest BCUT2D eigenvalue weighted by atomic mass is 35.5. The molecule has 0 fully saturated rings. The SMILES string of the molecule is CC(C)(NC(=O)C(N)c1ccccc1C(F)(F)F)C(N)=O.Cl. The van der Waals surface area contributed by atoms with Crippen molar-refractivity contribution in [3.8, 4) is 0 Å². The van der Waals surface area contributed by atoms with Crippen LogP contribution in [-0.2, 0) is 15.8 Å². The van der Waals surface area contributed by atoms with Gasteiger partial charge in [-0.1, -0.05) is 18.2 Å². The fourth-order valence-corrected chi connectivity index (χ4v) is 1.61. The Bertz CT molecular complexity index is 562. The lowest BCUT2D eigenvalue weighted by atomic mass is 9.98. The summed E-state index contributed by atoms with van der Waals surface area (Å²) in [5.41, 5.74) is 7.88. The Hall–Kier alpha value is -1.80. The summed E-state index contributed by atoms with van der Waals surface area (Å²) in [7, 11) is 0. The smallest absolute Gasteiger partial charge is 0.368 e. The van der Waals surface area contributed by atoms with Crippen LogP contribution >= 0.6 is 12.4 Å². The molecule has 0 saturated heterocycles. The molecule has 22 heavy (non-hydrogen) atoms. The first-order chi connectivity index (χ1) is 9.47. The third-order valence-corrected chi connectivity index (χ3v) is 2.94. The molecule has 5 N–H and O–H groups in total. The predicted octanol–water partition coefficient (Wildman–Crippen LogP) is 1.51. The van der Waals surface area contributed by atoms with Crippen LogP contribution in [0.15, 0.2) is 24.3 Å². The molecule has 1 aromatic rings. The largest absolute Gasteiger partial charge is 0.416 e. The second-order valence-corrected chi connectivity index (χ2v) is 5.04. The summed E-state index contributed by atoms with van der Waals surface area (Å²) < 4.78 is 38.6. The highest BCUT2D eigenvalue weighted by Crippen LogP contribution is 2.34. The van der Waals surface area contributed by atoms with Gasteiger partial charge < -0.3 is 16.8 Å². The van der Waals surface area contributed by atoms with Gasteiger partial charge in [-0.3, -0.25) is 9.59 Å². The van der Waals surface area contributed by atoms with Crippen LogP contribution in [-0.4, -0.2) is 17.4 Å². The number of hydrogen-bond acceptors (Lipinski definition) is 3. The highest BCUT2D eigenvalue weighted by Gasteiger charge is 2.37. The number of nitrogens with one attached hydrogen (secondary N) is 1. The van der Waals surface area contributed by atoms with E-state index in [0.717, 1.165) is 12.1 Å². The molecule has 0 saturated carbocycles. The van der Waals surface area contributed by atoms with Gasteiger partial charge in [-0.25, -0.2) is 0 Å². The summed E-state index contributed by atoms with van der Waals surface area (Å²) in [5.74, 6) is -1.75. The molecule has 1 rings (SSSR count). The first-order valence-corrected chi connectivity index (χ1v) is 6.00. The molecule has 0 aromatic heterocycles. The third kappa shape index (κ3) is 4.60. The summed E-state index contributed by atoms with van der Waals surface area (Å²) >= 11 is 0. The van der Waals surface area contributed by atoms with E-state index in [1.807, 2.05) is 0 Å². The zero-order chi connectivity index (χ0) is 16.4. The Morgan fingerprint density at radius 3 is 2.14 bits per heavy atom. The molecule has 1 unspecified atom stereocenters. The van der Waals surface area contributed by atoms with Crippen LogP contribution in [0.25, 0.3) is 0 Å². The van der Waals surface area contributed by atoms with E-state index in [9.17, 15) is 22.8 Å². The van der Waals surface area contributed by atoms with E-state index >= 15 is 0 Å². The van der Waals surface area contributed by atoms with Gasteiger partial charge in [0.2, 0.25) is 11.8 Å². The van der Waals surface area contributed by atoms with Gasteiger partial charge in [-0.2, -0.15) is 13.2 Å². The molecule has 1 atom stereocenters. The number of carbonyl (C=O) groups is 2. The monoisotopic (exact) mass is 339 g/mol. The van der Waals surface area contributed by atoms with Gasteiger partial charge in [0.15, 0.2) is 0 Å². The highest BCUT2D eigenvalue weighted by molar-refractivity contribution is 5.92. The van der Waals surface area contributed by atoms with Crippen molar-refractivity contribution in [2.24, 2.45) is 11.5 Å². The van der Waals surface area contributed by atoms with Crippen molar-refractivity contribution in [2.45, 2.75) is 31.6 Å². The van der Waals surface area contributed by atoms with Gasteiger partial charge in [-0.15, -0.1) is 12.4 Å². The van der Waals surface area contributed by atoms with E-state index in [1.165, 1.54) is 26.0 Å². The molecule has 2 amide bonds. The standard InChI is InChI=1S/C13H16F3N3O2.ClH/c1-12(2,11(18)21)19-10(20)9(17)7-5-3-4-6-8(7)13(14,15)16;/h3-6,9H,17H2,1-2H3,(H2,18,21)(H,19,20);1H. The minimum Gasteiger partial charge on any atom is -0.368 e. The molecule has 0 aliphatic heterocycles. The molecule has 1 aromatic carbocycles.